The van der Waals surface area contributed by atoms with Gasteiger partial charge in [-0.1, -0.05) is 53.0 Å². The molecule has 0 fully saturated rings. The lowest BCUT2D eigenvalue weighted by Crippen LogP contribution is -2.17. The zero-order valence-electron chi connectivity index (χ0n) is 15.9. The number of methoxy groups -OCH3 is 1. The van der Waals surface area contributed by atoms with Gasteiger partial charge in [-0.25, -0.2) is 5.43 Å². The standard InChI is InChI=1S/C22H17Cl3N2O3/c1-29-20-7-3-5-16(12-26-27-22(28)15-4-2-6-17(23)11-15)21(20)30-13-14-8-9-18(24)19(25)10-14/h2-12H,13H2,1H3,(H,27,28)/b26-12-. The smallest absolute Gasteiger partial charge is 0.271 e. The maximum absolute atomic E-state index is 12.2. The third-order valence-electron chi connectivity index (χ3n) is 4.05. The first-order valence-electron chi connectivity index (χ1n) is 8.80. The second-order valence-corrected chi connectivity index (χ2v) is 7.38. The minimum atomic E-state index is -0.380. The summed E-state index contributed by atoms with van der Waals surface area (Å²) >= 11 is 17.9. The molecule has 0 aliphatic heterocycles. The molecule has 8 heteroatoms. The third kappa shape index (κ3) is 5.66. The molecule has 1 N–H and O–H groups in total. The summed E-state index contributed by atoms with van der Waals surface area (Å²) in [6.45, 7) is 0.243. The average molecular weight is 464 g/mol. The first-order chi connectivity index (χ1) is 14.5. The van der Waals surface area contributed by atoms with Gasteiger partial charge < -0.3 is 9.47 Å². The fourth-order valence-electron chi connectivity index (χ4n) is 2.59. The summed E-state index contributed by atoms with van der Waals surface area (Å²) in [5.41, 5.74) is 4.34. The van der Waals surface area contributed by atoms with Crippen molar-refractivity contribution in [2.75, 3.05) is 7.11 Å². The van der Waals surface area contributed by atoms with Gasteiger partial charge in [0.25, 0.3) is 5.91 Å². The minimum Gasteiger partial charge on any atom is -0.493 e. The highest BCUT2D eigenvalue weighted by Gasteiger charge is 2.11. The molecule has 0 saturated heterocycles. The molecule has 0 aliphatic rings. The molecule has 3 rings (SSSR count). The number of hydrogen-bond donors (Lipinski definition) is 1. The van der Waals surface area contributed by atoms with Crippen LogP contribution in [0, 0.1) is 0 Å². The van der Waals surface area contributed by atoms with Crippen LogP contribution in [-0.4, -0.2) is 19.2 Å². The third-order valence-corrected chi connectivity index (χ3v) is 5.03. The number of para-hydroxylation sites is 1. The zero-order valence-corrected chi connectivity index (χ0v) is 18.1. The van der Waals surface area contributed by atoms with Crippen LogP contribution in [0.2, 0.25) is 15.1 Å². The first-order valence-corrected chi connectivity index (χ1v) is 9.94. The predicted molar refractivity (Wildman–Crippen MR) is 120 cm³/mol. The number of rotatable bonds is 7. The Kier molecular flexibility index (Phi) is 7.57. The molecule has 3 aromatic rings. The van der Waals surface area contributed by atoms with Crippen molar-refractivity contribution in [3.8, 4) is 11.5 Å². The molecule has 154 valence electrons. The van der Waals surface area contributed by atoms with Crippen molar-refractivity contribution in [3.63, 3.8) is 0 Å². The van der Waals surface area contributed by atoms with Crippen molar-refractivity contribution in [1.82, 2.24) is 5.43 Å². The van der Waals surface area contributed by atoms with Crippen molar-refractivity contribution >= 4 is 46.9 Å². The van der Waals surface area contributed by atoms with E-state index in [1.54, 1.807) is 61.7 Å². The summed E-state index contributed by atoms with van der Waals surface area (Å²) in [6, 6.07) is 17.2. The highest BCUT2D eigenvalue weighted by atomic mass is 35.5. The van der Waals surface area contributed by atoms with Crippen molar-refractivity contribution in [2.24, 2.45) is 5.10 Å². The highest BCUT2D eigenvalue weighted by molar-refractivity contribution is 6.42. The number of hydrazone groups is 1. The van der Waals surface area contributed by atoms with Crippen molar-refractivity contribution < 1.29 is 14.3 Å². The second-order valence-electron chi connectivity index (χ2n) is 6.13. The van der Waals surface area contributed by atoms with Gasteiger partial charge in [0.1, 0.15) is 6.61 Å². The highest BCUT2D eigenvalue weighted by Crippen LogP contribution is 2.31. The molecule has 30 heavy (non-hydrogen) atoms. The van der Waals surface area contributed by atoms with E-state index in [4.69, 9.17) is 44.3 Å². The number of nitrogens with zero attached hydrogens (tertiary/aromatic N) is 1. The van der Waals surface area contributed by atoms with Crippen molar-refractivity contribution in [2.45, 2.75) is 6.61 Å². The van der Waals surface area contributed by atoms with Gasteiger partial charge in [0.15, 0.2) is 11.5 Å². The van der Waals surface area contributed by atoms with E-state index in [0.717, 1.165) is 5.56 Å². The number of carbonyl (C=O) groups excluding carboxylic acids is 1. The normalized spacial score (nSPS) is 10.8. The molecule has 0 bridgehead atoms. The molecule has 3 aromatic carbocycles. The van der Waals surface area contributed by atoms with Gasteiger partial charge in [-0.2, -0.15) is 5.10 Å². The number of hydrogen-bond acceptors (Lipinski definition) is 4. The molecular weight excluding hydrogens is 447 g/mol. The topological polar surface area (TPSA) is 59.9 Å². The lowest BCUT2D eigenvalue weighted by molar-refractivity contribution is 0.0955. The van der Waals surface area contributed by atoms with Crippen LogP contribution < -0.4 is 14.9 Å². The molecule has 0 aliphatic carbocycles. The SMILES string of the molecule is COc1cccc(/C=N\NC(=O)c2cccc(Cl)c2)c1OCc1ccc(Cl)c(Cl)c1. The molecule has 0 heterocycles. The second kappa shape index (κ2) is 10.3. The Morgan fingerprint density at radius 1 is 1.03 bits per heavy atom. The summed E-state index contributed by atoms with van der Waals surface area (Å²) in [5, 5.41) is 5.41. The lowest BCUT2D eigenvalue weighted by atomic mass is 10.2. The van der Waals surface area contributed by atoms with Gasteiger partial charge >= 0.3 is 0 Å². The number of ether oxygens (including phenoxy) is 2. The van der Waals surface area contributed by atoms with Crippen LogP contribution in [0.1, 0.15) is 21.5 Å². The first kappa shape index (κ1) is 22.0. The Balaban J connectivity index is 1.75. The fourth-order valence-corrected chi connectivity index (χ4v) is 3.10. The Bertz CT molecular complexity index is 1090. The van der Waals surface area contributed by atoms with Crippen LogP contribution in [0.4, 0.5) is 0 Å². The molecule has 0 radical (unpaired) electrons. The van der Waals surface area contributed by atoms with Gasteiger partial charge in [0, 0.05) is 16.1 Å². The van der Waals surface area contributed by atoms with E-state index >= 15 is 0 Å². The summed E-state index contributed by atoms with van der Waals surface area (Å²) in [5.74, 6) is 0.627. The van der Waals surface area contributed by atoms with Crippen LogP contribution in [0.15, 0.2) is 65.8 Å². The average Bonchev–Trinajstić information content (AvgIpc) is 2.74. The predicted octanol–water partition coefficient (Wildman–Crippen LogP) is 6.00. The molecule has 0 atom stereocenters. The van der Waals surface area contributed by atoms with E-state index in [2.05, 4.69) is 10.5 Å². The molecular formula is C22H17Cl3N2O3. The zero-order chi connectivity index (χ0) is 21.5. The van der Waals surface area contributed by atoms with E-state index in [1.807, 2.05) is 6.07 Å². The fraction of sp³-hybridized carbons (Fsp3) is 0.0909. The summed E-state index contributed by atoms with van der Waals surface area (Å²) in [6.07, 6.45) is 1.48. The Hall–Kier alpha value is -2.73. The van der Waals surface area contributed by atoms with E-state index in [-0.39, 0.29) is 12.5 Å². The Morgan fingerprint density at radius 3 is 2.57 bits per heavy atom. The maximum atomic E-state index is 12.2. The molecule has 0 spiro atoms. The molecule has 1 amide bonds. The largest absolute Gasteiger partial charge is 0.493 e. The van der Waals surface area contributed by atoms with Crippen LogP contribution in [0.25, 0.3) is 0 Å². The van der Waals surface area contributed by atoms with Crippen LogP contribution >= 0.6 is 34.8 Å². The van der Waals surface area contributed by atoms with E-state index < -0.39 is 0 Å². The Morgan fingerprint density at radius 2 is 1.83 bits per heavy atom. The summed E-state index contributed by atoms with van der Waals surface area (Å²) in [4.78, 5) is 12.2. The molecule has 0 saturated carbocycles. The van der Waals surface area contributed by atoms with Gasteiger partial charge in [-0.05, 0) is 48.0 Å². The molecule has 0 aromatic heterocycles. The van der Waals surface area contributed by atoms with E-state index in [0.29, 0.717) is 37.7 Å². The van der Waals surface area contributed by atoms with Crippen molar-refractivity contribution in [3.05, 3.63) is 92.4 Å². The Labute approximate surface area is 189 Å². The van der Waals surface area contributed by atoms with Gasteiger partial charge in [0.2, 0.25) is 0 Å². The van der Waals surface area contributed by atoms with Crippen LogP contribution in [0.3, 0.4) is 0 Å². The summed E-state index contributed by atoms with van der Waals surface area (Å²) < 4.78 is 11.3. The molecule has 0 unspecified atom stereocenters. The lowest BCUT2D eigenvalue weighted by Gasteiger charge is -2.13. The minimum absolute atomic E-state index is 0.243. The maximum Gasteiger partial charge on any atom is 0.271 e. The van der Waals surface area contributed by atoms with Gasteiger partial charge in [-0.3, -0.25) is 4.79 Å². The van der Waals surface area contributed by atoms with E-state index in [9.17, 15) is 4.79 Å². The summed E-state index contributed by atoms with van der Waals surface area (Å²) in [7, 11) is 1.54. The van der Waals surface area contributed by atoms with Gasteiger partial charge in [0.05, 0.1) is 23.4 Å². The van der Waals surface area contributed by atoms with Crippen molar-refractivity contribution in [1.29, 1.82) is 0 Å². The van der Waals surface area contributed by atoms with Gasteiger partial charge in [-0.15, -0.1) is 0 Å². The van der Waals surface area contributed by atoms with Crippen LogP contribution in [0.5, 0.6) is 11.5 Å². The number of nitrogens with one attached hydrogen (secondary N) is 1. The molecule has 5 nitrogen and oxygen atoms in total. The number of carbonyl (C=O) groups is 1. The number of halogens is 3. The monoisotopic (exact) mass is 462 g/mol. The quantitative estimate of drug-likeness (QED) is 0.345. The number of benzene rings is 3. The number of amides is 1. The van der Waals surface area contributed by atoms with E-state index in [1.165, 1.54) is 6.21 Å². The van der Waals surface area contributed by atoms with Crippen LogP contribution in [-0.2, 0) is 6.61 Å².